The summed E-state index contributed by atoms with van der Waals surface area (Å²) in [5, 5.41) is 2.91. The van der Waals surface area contributed by atoms with Gasteiger partial charge in [-0.15, -0.1) is 0 Å². The Morgan fingerprint density at radius 2 is 1.58 bits per heavy atom. The number of amides is 1. The van der Waals surface area contributed by atoms with Crippen LogP contribution in [0, 0.1) is 6.92 Å². The maximum absolute atomic E-state index is 12.4. The molecule has 1 atom stereocenters. The number of aryl methyl sites for hydroxylation is 1. The summed E-state index contributed by atoms with van der Waals surface area (Å²) in [5.74, 6) is 1.73. The van der Waals surface area contributed by atoms with Gasteiger partial charge in [0.1, 0.15) is 23.9 Å². The van der Waals surface area contributed by atoms with Gasteiger partial charge in [0.2, 0.25) is 0 Å². The van der Waals surface area contributed by atoms with Crippen molar-refractivity contribution in [2.24, 2.45) is 0 Å². The molecule has 0 aliphatic carbocycles. The number of benzene rings is 2. The van der Waals surface area contributed by atoms with Gasteiger partial charge in [-0.05, 0) is 38.1 Å². The van der Waals surface area contributed by atoms with Crippen LogP contribution in [0.1, 0.15) is 22.8 Å². The van der Waals surface area contributed by atoms with Crippen molar-refractivity contribution in [3.63, 3.8) is 0 Å². The molecular formula is C19H23NO4. The van der Waals surface area contributed by atoms with Gasteiger partial charge in [-0.2, -0.15) is 0 Å². The fourth-order valence-electron chi connectivity index (χ4n) is 2.14. The van der Waals surface area contributed by atoms with Crippen molar-refractivity contribution in [1.82, 2.24) is 5.32 Å². The first kappa shape index (κ1) is 17.7. The minimum Gasteiger partial charge on any atom is -0.497 e. The summed E-state index contributed by atoms with van der Waals surface area (Å²) in [4.78, 5) is 12.4. The van der Waals surface area contributed by atoms with Crippen molar-refractivity contribution in [3.05, 3.63) is 53.6 Å². The summed E-state index contributed by atoms with van der Waals surface area (Å²) >= 11 is 0. The van der Waals surface area contributed by atoms with Crippen LogP contribution in [-0.2, 0) is 0 Å². The molecule has 0 aliphatic heterocycles. The van der Waals surface area contributed by atoms with Gasteiger partial charge in [-0.1, -0.05) is 17.7 Å². The Morgan fingerprint density at radius 3 is 2.12 bits per heavy atom. The summed E-state index contributed by atoms with van der Waals surface area (Å²) in [7, 11) is 3.10. The van der Waals surface area contributed by atoms with Gasteiger partial charge in [0.05, 0.1) is 20.3 Å². The molecule has 5 nitrogen and oxygen atoms in total. The van der Waals surface area contributed by atoms with Gasteiger partial charge < -0.3 is 19.5 Å². The predicted molar refractivity (Wildman–Crippen MR) is 93.1 cm³/mol. The highest BCUT2D eigenvalue weighted by atomic mass is 16.5. The number of methoxy groups -OCH3 is 2. The van der Waals surface area contributed by atoms with Crippen molar-refractivity contribution in [3.8, 4) is 17.2 Å². The molecule has 0 heterocycles. The zero-order valence-corrected chi connectivity index (χ0v) is 14.5. The fourth-order valence-corrected chi connectivity index (χ4v) is 2.14. The van der Waals surface area contributed by atoms with Crippen molar-refractivity contribution < 1.29 is 19.0 Å². The SMILES string of the molecule is COc1cc(OC)cc(C(=O)N[C@H](C)COc2ccc(C)cc2)c1. The molecule has 128 valence electrons. The van der Waals surface area contributed by atoms with Crippen molar-refractivity contribution in [2.75, 3.05) is 20.8 Å². The second kappa shape index (κ2) is 8.24. The minimum absolute atomic E-state index is 0.143. The Morgan fingerprint density at radius 1 is 1.00 bits per heavy atom. The van der Waals surface area contributed by atoms with Crippen molar-refractivity contribution in [1.29, 1.82) is 0 Å². The van der Waals surface area contributed by atoms with E-state index in [4.69, 9.17) is 14.2 Å². The highest BCUT2D eigenvalue weighted by molar-refractivity contribution is 5.95. The zero-order valence-electron chi connectivity index (χ0n) is 14.5. The van der Waals surface area contributed by atoms with E-state index in [0.29, 0.717) is 23.7 Å². The van der Waals surface area contributed by atoms with E-state index in [9.17, 15) is 4.79 Å². The summed E-state index contributed by atoms with van der Waals surface area (Å²) in [6, 6.07) is 12.7. The molecule has 5 heteroatoms. The van der Waals surface area contributed by atoms with Crippen LogP contribution in [0.25, 0.3) is 0 Å². The molecule has 0 aliphatic rings. The van der Waals surface area contributed by atoms with E-state index in [2.05, 4.69) is 5.32 Å². The van der Waals surface area contributed by atoms with Crippen LogP contribution >= 0.6 is 0 Å². The Kier molecular flexibility index (Phi) is 6.07. The van der Waals surface area contributed by atoms with Crippen LogP contribution in [0.2, 0.25) is 0 Å². The van der Waals surface area contributed by atoms with Gasteiger partial charge in [-0.25, -0.2) is 0 Å². The second-order valence-electron chi connectivity index (χ2n) is 5.60. The molecule has 1 amide bonds. The maximum atomic E-state index is 12.4. The molecule has 0 unspecified atom stereocenters. The Labute approximate surface area is 142 Å². The first-order chi connectivity index (χ1) is 11.5. The topological polar surface area (TPSA) is 56.8 Å². The average Bonchev–Trinajstić information content (AvgIpc) is 2.60. The monoisotopic (exact) mass is 329 g/mol. The molecule has 0 aromatic heterocycles. The average molecular weight is 329 g/mol. The number of nitrogens with one attached hydrogen (secondary N) is 1. The molecule has 2 aromatic carbocycles. The molecule has 0 fully saturated rings. The van der Waals surface area contributed by atoms with Gasteiger partial charge in [0.15, 0.2) is 0 Å². The van der Waals surface area contributed by atoms with E-state index in [0.717, 1.165) is 5.75 Å². The number of rotatable bonds is 7. The third-order valence-corrected chi connectivity index (χ3v) is 3.51. The third-order valence-electron chi connectivity index (χ3n) is 3.51. The molecule has 0 radical (unpaired) electrons. The van der Waals surface area contributed by atoms with E-state index in [1.54, 1.807) is 32.4 Å². The Bertz CT molecular complexity index is 660. The van der Waals surface area contributed by atoms with Crippen LogP contribution in [0.4, 0.5) is 0 Å². The van der Waals surface area contributed by atoms with Gasteiger partial charge in [0.25, 0.3) is 5.91 Å². The molecule has 2 aromatic rings. The molecule has 0 bridgehead atoms. The van der Waals surface area contributed by atoms with Gasteiger partial charge in [0, 0.05) is 11.6 Å². The number of ether oxygens (including phenoxy) is 3. The fraction of sp³-hybridized carbons (Fsp3) is 0.316. The largest absolute Gasteiger partial charge is 0.497 e. The lowest BCUT2D eigenvalue weighted by Gasteiger charge is -2.16. The molecule has 0 saturated carbocycles. The van der Waals surface area contributed by atoms with E-state index in [1.165, 1.54) is 5.56 Å². The first-order valence-corrected chi connectivity index (χ1v) is 7.75. The van der Waals surface area contributed by atoms with Crippen LogP contribution in [0.15, 0.2) is 42.5 Å². The van der Waals surface area contributed by atoms with Crippen LogP contribution < -0.4 is 19.5 Å². The standard InChI is InChI=1S/C19H23NO4/c1-13-5-7-16(8-6-13)24-12-14(2)20-19(21)15-9-17(22-3)11-18(10-15)23-4/h5-11,14H,12H2,1-4H3,(H,20,21)/t14-/m1/s1. The van der Waals surface area contributed by atoms with Gasteiger partial charge >= 0.3 is 0 Å². The first-order valence-electron chi connectivity index (χ1n) is 7.75. The summed E-state index contributed by atoms with van der Waals surface area (Å²) < 4.78 is 16.1. The number of hydrogen-bond donors (Lipinski definition) is 1. The number of carbonyl (C=O) groups excluding carboxylic acids is 1. The van der Waals surface area contributed by atoms with E-state index >= 15 is 0 Å². The lowest BCUT2D eigenvalue weighted by molar-refractivity contribution is 0.0926. The van der Waals surface area contributed by atoms with E-state index in [-0.39, 0.29) is 11.9 Å². The lowest BCUT2D eigenvalue weighted by atomic mass is 10.1. The van der Waals surface area contributed by atoms with Crippen molar-refractivity contribution >= 4 is 5.91 Å². The highest BCUT2D eigenvalue weighted by Crippen LogP contribution is 2.22. The van der Waals surface area contributed by atoms with Crippen LogP contribution in [0.5, 0.6) is 17.2 Å². The molecule has 0 saturated heterocycles. The predicted octanol–water partition coefficient (Wildman–Crippen LogP) is 3.21. The summed E-state index contributed by atoms with van der Waals surface area (Å²) in [6.45, 7) is 4.30. The lowest BCUT2D eigenvalue weighted by Crippen LogP contribution is -2.36. The summed E-state index contributed by atoms with van der Waals surface area (Å²) in [5.41, 5.74) is 1.66. The molecule has 2 rings (SSSR count). The van der Waals surface area contributed by atoms with E-state index < -0.39 is 0 Å². The van der Waals surface area contributed by atoms with E-state index in [1.807, 2.05) is 38.1 Å². The quantitative estimate of drug-likeness (QED) is 0.847. The molecule has 24 heavy (non-hydrogen) atoms. The minimum atomic E-state index is -0.202. The van der Waals surface area contributed by atoms with Crippen molar-refractivity contribution in [2.45, 2.75) is 19.9 Å². The summed E-state index contributed by atoms with van der Waals surface area (Å²) in [6.07, 6.45) is 0. The van der Waals surface area contributed by atoms with Crippen LogP contribution in [0.3, 0.4) is 0 Å². The number of carbonyl (C=O) groups is 1. The molecule has 0 spiro atoms. The maximum Gasteiger partial charge on any atom is 0.251 e. The number of hydrogen-bond acceptors (Lipinski definition) is 4. The normalized spacial score (nSPS) is 11.5. The van der Waals surface area contributed by atoms with Gasteiger partial charge in [-0.3, -0.25) is 4.79 Å². The molecular weight excluding hydrogens is 306 g/mol. The molecule has 1 N–H and O–H groups in total. The highest BCUT2D eigenvalue weighted by Gasteiger charge is 2.13. The smallest absolute Gasteiger partial charge is 0.251 e. The Balaban J connectivity index is 1.94. The van der Waals surface area contributed by atoms with Crippen LogP contribution in [-0.4, -0.2) is 32.8 Å². The zero-order chi connectivity index (χ0) is 17.5. The second-order valence-corrected chi connectivity index (χ2v) is 5.60. The third kappa shape index (κ3) is 4.91. The Hall–Kier alpha value is -2.69.